The van der Waals surface area contributed by atoms with Crippen molar-refractivity contribution in [1.29, 1.82) is 0 Å². The summed E-state index contributed by atoms with van der Waals surface area (Å²) in [4.78, 5) is 14.3. The first-order valence-corrected chi connectivity index (χ1v) is 8.93. The van der Waals surface area contributed by atoms with E-state index in [4.69, 9.17) is 4.52 Å². The molecule has 1 amide bonds. The monoisotopic (exact) mass is 316 g/mol. The third kappa shape index (κ3) is 3.53. The second kappa shape index (κ2) is 7.01. The normalized spacial score (nSPS) is 17.9. The largest absolute Gasteiger partial charge is 0.356 e. The smallest absolute Gasteiger partial charge is 0.228 e. The van der Waals surface area contributed by atoms with Gasteiger partial charge in [-0.15, -0.1) is 0 Å². The van der Waals surface area contributed by atoms with E-state index in [2.05, 4.69) is 11.4 Å². The van der Waals surface area contributed by atoms with Crippen LogP contribution in [0.15, 0.2) is 40.9 Å². The maximum atomic E-state index is 12.3. The lowest BCUT2D eigenvalue weighted by molar-refractivity contribution is -0.129. The molecule has 0 radical (unpaired) electrons. The Labute approximate surface area is 134 Å². The van der Waals surface area contributed by atoms with Crippen molar-refractivity contribution in [3.8, 4) is 11.3 Å². The van der Waals surface area contributed by atoms with Crippen molar-refractivity contribution in [1.82, 2.24) is 10.1 Å². The minimum absolute atomic E-state index is 0.150. The second-order valence-electron chi connectivity index (χ2n) is 5.68. The van der Waals surface area contributed by atoms with E-state index in [1.165, 1.54) is 0 Å². The fourth-order valence-corrected chi connectivity index (χ4v) is 3.57. The van der Waals surface area contributed by atoms with Crippen molar-refractivity contribution in [2.45, 2.75) is 12.8 Å². The Hall–Kier alpha value is -1.75. The molecule has 1 aliphatic rings. The Kier molecular flexibility index (Phi) is 4.83. The van der Waals surface area contributed by atoms with Crippen LogP contribution in [0, 0.1) is 5.92 Å². The zero-order valence-electron chi connectivity index (χ0n) is 12.7. The molecule has 4 nitrogen and oxygen atoms in total. The van der Waals surface area contributed by atoms with Gasteiger partial charge in [-0.05, 0) is 24.3 Å². The van der Waals surface area contributed by atoms with Crippen LogP contribution in [0.2, 0.25) is 0 Å². The molecule has 3 rings (SSSR count). The van der Waals surface area contributed by atoms with Crippen molar-refractivity contribution in [2.75, 3.05) is 25.1 Å². The summed E-state index contributed by atoms with van der Waals surface area (Å²) < 4.78 is 5.35. The van der Waals surface area contributed by atoms with Gasteiger partial charge in [0.25, 0.3) is 0 Å². The van der Waals surface area contributed by atoms with Crippen LogP contribution in [-0.4, -0.2) is 41.1 Å². The molecule has 0 unspecified atom stereocenters. The molecular weight excluding hydrogens is 296 g/mol. The van der Waals surface area contributed by atoms with Crippen LogP contribution in [0.1, 0.15) is 12.1 Å². The Morgan fingerprint density at radius 3 is 3.00 bits per heavy atom. The summed E-state index contributed by atoms with van der Waals surface area (Å²) in [5.74, 6) is 2.63. The number of likely N-dealkylation sites (tertiary alicyclic amines) is 1. The van der Waals surface area contributed by atoms with Crippen LogP contribution in [-0.2, 0) is 11.2 Å². The number of hydrogen-bond donors (Lipinski definition) is 0. The van der Waals surface area contributed by atoms with E-state index < -0.39 is 0 Å². The first kappa shape index (κ1) is 15.2. The molecule has 22 heavy (non-hydrogen) atoms. The predicted octanol–water partition coefficient (Wildman–Crippen LogP) is 3.10. The molecule has 2 aromatic rings. The quantitative estimate of drug-likeness (QED) is 0.850. The summed E-state index contributed by atoms with van der Waals surface area (Å²) in [7, 11) is 0. The standard InChI is InChI=1S/C17H20N2O2S/c1-22-12-13-7-8-19(11-13)17(20)10-15-9-16(21-18-15)14-5-3-2-4-6-14/h2-6,9,13H,7-8,10-12H2,1H3/t13-/m0/s1. The van der Waals surface area contributed by atoms with Gasteiger partial charge in [-0.1, -0.05) is 35.5 Å². The van der Waals surface area contributed by atoms with Gasteiger partial charge in [0.15, 0.2) is 5.76 Å². The average molecular weight is 316 g/mol. The third-order valence-electron chi connectivity index (χ3n) is 3.99. The molecule has 0 saturated carbocycles. The Morgan fingerprint density at radius 1 is 1.41 bits per heavy atom. The molecule has 1 aliphatic heterocycles. The predicted molar refractivity (Wildman–Crippen MR) is 88.7 cm³/mol. The van der Waals surface area contributed by atoms with Crippen molar-refractivity contribution in [3.05, 3.63) is 42.1 Å². The van der Waals surface area contributed by atoms with Crippen LogP contribution >= 0.6 is 11.8 Å². The zero-order chi connectivity index (χ0) is 15.4. The number of benzene rings is 1. The number of carbonyl (C=O) groups excluding carboxylic acids is 1. The molecule has 2 heterocycles. The van der Waals surface area contributed by atoms with Gasteiger partial charge in [-0.25, -0.2) is 0 Å². The topological polar surface area (TPSA) is 46.3 Å². The number of rotatable bonds is 5. The highest BCUT2D eigenvalue weighted by atomic mass is 32.2. The van der Waals surface area contributed by atoms with Crippen molar-refractivity contribution in [2.24, 2.45) is 5.92 Å². The Morgan fingerprint density at radius 2 is 2.23 bits per heavy atom. The number of hydrogen-bond acceptors (Lipinski definition) is 4. The molecule has 116 valence electrons. The minimum atomic E-state index is 0.150. The van der Waals surface area contributed by atoms with Gasteiger partial charge in [0, 0.05) is 24.7 Å². The van der Waals surface area contributed by atoms with E-state index in [-0.39, 0.29) is 5.91 Å². The first-order chi connectivity index (χ1) is 10.8. The van der Waals surface area contributed by atoms with E-state index in [0.29, 0.717) is 23.8 Å². The number of nitrogens with zero attached hydrogens (tertiary/aromatic N) is 2. The number of thioether (sulfide) groups is 1. The molecule has 0 bridgehead atoms. The molecule has 1 aromatic heterocycles. The number of carbonyl (C=O) groups is 1. The van der Waals surface area contributed by atoms with Crippen LogP contribution in [0.4, 0.5) is 0 Å². The maximum Gasteiger partial charge on any atom is 0.228 e. The van der Waals surface area contributed by atoms with Crippen LogP contribution < -0.4 is 0 Å². The molecule has 0 spiro atoms. The third-order valence-corrected chi connectivity index (χ3v) is 4.80. The van der Waals surface area contributed by atoms with E-state index in [0.717, 1.165) is 30.8 Å². The molecule has 1 aromatic carbocycles. The first-order valence-electron chi connectivity index (χ1n) is 7.54. The number of aromatic nitrogens is 1. The summed E-state index contributed by atoms with van der Waals surface area (Å²) in [6.07, 6.45) is 3.55. The van der Waals surface area contributed by atoms with Gasteiger partial charge in [-0.3, -0.25) is 4.79 Å². The van der Waals surface area contributed by atoms with Crippen molar-refractivity contribution < 1.29 is 9.32 Å². The minimum Gasteiger partial charge on any atom is -0.356 e. The van der Waals surface area contributed by atoms with Gasteiger partial charge >= 0.3 is 0 Å². The van der Waals surface area contributed by atoms with Crippen LogP contribution in [0.25, 0.3) is 11.3 Å². The highest BCUT2D eigenvalue weighted by Crippen LogP contribution is 2.22. The van der Waals surface area contributed by atoms with Gasteiger partial charge in [0.2, 0.25) is 5.91 Å². The van der Waals surface area contributed by atoms with E-state index in [1.54, 1.807) is 0 Å². The fraction of sp³-hybridized carbons (Fsp3) is 0.412. The van der Waals surface area contributed by atoms with E-state index in [9.17, 15) is 4.79 Å². The van der Waals surface area contributed by atoms with Crippen LogP contribution in [0.5, 0.6) is 0 Å². The molecule has 1 atom stereocenters. The summed E-state index contributed by atoms with van der Waals surface area (Å²) in [6.45, 7) is 1.75. The van der Waals surface area contributed by atoms with E-state index >= 15 is 0 Å². The second-order valence-corrected chi connectivity index (χ2v) is 6.59. The van der Waals surface area contributed by atoms with Gasteiger partial charge in [0.05, 0.1) is 12.1 Å². The van der Waals surface area contributed by atoms with Gasteiger partial charge in [-0.2, -0.15) is 11.8 Å². The van der Waals surface area contributed by atoms with Crippen molar-refractivity contribution in [3.63, 3.8) is 0 Å². The average Bonchev–Trinajstić information content (AvgIpc) is 3.18. The SMILES string of the molecule is CSC[C@H]1CCN(C(=O)Cc2cc(-c3ccccc3)on2)C1. The zero-order valence-corrected chi connectivity index (χ0v) is 13.5. The summed E-state index contributed by atoms with van der Waals surface area (Å²) in [5.41, 5.74) is 1.69. The Balaban J connectivity index is 1.60. The lowest BCUT2D eigenvalue weighted by atomic mass is 10.1. The lowest BCUT2D eigenvalue weighted by Crippen LogP contribution is -2.30. The van der Waals surface area contributed by atoms with Gasteiger partial charge in [0.1, 0.15) is 0 Å². The summed E-state index contributed by atoms with van der Waals surface area (Å²) in [5, 5.41) is 4.03. The molecule has 1 fully saturated rings. The highest BCUT2D eigenvalue weighted by Gasteiger charge is 2.26. The molecular formula is C17H20N2O2S. The lowest BCUT2D eigenvalue weighted by Gasteiger charge is -2.15. The molecule has 0 aliphatic carbocycles. The number of amides is 1. The summed E-state index contributed by atoms with van der Waals surface area (Å²) >= 11 is 1.85. The highest BCUT2D eigenvalue weighted by molar-refractivity contribution is 7.98. The fourth-order valence-electron chi connectivity index (χ4n) is 2.83. The van der Waals surface area contributed by atoms with Crippen LogP contribution in [0.3, 0.4) is 0 Å². The molecule has 0 N–H and O–H groups in total. The van der Waals surface area contributed by atoms with Gasteiger partial charge < -0.3 is 9.42 Å². The van der Waals surface area contributed by atoms with Crippen molar-refractivity contribution >= 4 is 17.7 Å². The molecule has 1 saturated heterocycles. The molecule has 5 heteroatoms. The van der Waals surface area contributed by atoms with E-state index in [1.807, 2.05) is 53.1 Å². The maximum absolute atomic E-state index is 12.3. The summed E-state index contributed by atoms with van der Waals surface area (Å²) in [6, 6.07) is 11.7. The Bertz CT molecular complexity index is 627.